The van der Waals surface area contributed by atoms with Crippen LogP contribution in [0.1, 0.15) is 11.1 Å². The van der Waals surface area contributed by atoms with E-state index in [2.05, 4.69) is 22.0 Å². The molecule has 0 unspecified atom stereocenters. The molecule has 0 saturated heterocycles. The summed E-state index contributed by atoms with van der Waals surface area (Å²) in [7, 11) is 4.00. The van der Waals surface area contributed by atoms with Crippen molar-refractivity contribution < 1.29 is 0 Å². The lowest BCUT2D eigenvalue weighted by atomic mass is 10.0. The average molecular weight is 327 g/mol. The minimum absolute atomic E-state index is 0.662. The molecular weight excluding hydrogens is 312 g/mol. The molecule has 2 aromatic carbocycles. The summed E-state index contributed by atoms with van der Waals surface area (Å²) >= 11 is 3.56. The zero-order valence-electron chi connectivity index (χ0n) is 11.5. The second-order valence-corrected chi connectivity index (χ2v) is 5.50. The maximum atomic E-state index is 9.31. The molecule has 0 bridgehead atoms. The first kappa shape index (κ1) is 14.4. The first-order chi connectivity index (χ1) is 9.61. The summed E-state index contributed by atoms with van der Waals surface area (Å²) in [5.74, 6) is 0. The topological polar surface area (TPSA) is 27.0 Å². The van der Waals surface area contributed by atoms with Gasteiger partial charge >= 0.3 is 0 Å². The van der Waals surface area contributed by atoms with Crippen LogP contribution >= 0.6 is 15.9 Å². The van der Waals surface area contributed by atoms with Gasteiger partial charge in [0.15, 0.2) is 0 Å². The molecule has 0 aliphatic rings. The normalized spacial score (nSPS) is 11.0. The van der Waals surface area contributed by atoms with Crippen LogP contribution in [0.15, 0.2) is 53.0 Å². The Balaban J connectivity index is 2.39. The van der Waals surface area contributed by atoms with Gasteiger partial charge in [-0.25, -0.2) is 0 Å². The molecule has 0 saturated carbocycles. The van der Waals surface area contributed by atoms with E-state index in [4.69, 9.17) is 0 Å². The molecule has 20 heavy (non-hydrogen) atoms. The molecule has 0 amide bonds. The van der Waals surface area contributed by atoms with Crippen LogP contribution in [-0.4, -0.2) is 14.1 Å². The molecule has 100 valence electrons. The van der Waals surface area contributed by atoms with Crippen LogP contribution in [0.5, 0.6) is 0 Å². The number of hydrogen-bond acceptors (Lipinski definition) is 2. The second kappa shape index (κ2) is 6.40. The van der Waals surface area contributed by atoms with Crippen LogP contribution in [0.4, 0.5) is 5.69 Å². The highest BCUT2D eigenvalue weighted by Crippen LogP contribution is 2.27. The van der Waals surface area contributed by atoms with Crippen molar-refractivity contribution in [3.8, 4) is 6.07 Å². The molecule has 0 fully saturated rings. The van der Waals surface area contributed by atoms with Crippen LogP contribution < -0.4 is 4.90 Å². The van der Waals surface area contributed by atoms with Gasteiger partial charge in [-0.15, -0.1) is 0 Å². The fraction of sp³-hybridized carbons (Fsp3) is 0.118. The summed E-state index contributed by atoms with van der Waals surface area (Å²) in [5, 5.41) is 9.31. The van der Waals surface area contributed by atoms with E-state index in [1.165, 1.54) is 0 Å². The largest absolute Gasteiger partial charge is 0.377 e. The average Bonchev–Trinajstić information content (AvgIpc) is 2.45. The molecule has 0 heterocycles. The standard InChI is InChI=1S/C17H15BrN2/c1-20(2)17-9-8-13(11-16(17)18)10-15(12-19)14-6-4-3-5-7-14/h3-11H,1-2H3/b15-10+. The Labute approximate surface area is 128 Å². The molecule has 2 nitrogen and oxygen atoms in total. The van der Waals surface area contributed by atoms with Crippen molar-refractivity contribution in [3.63, 3.8) is 0 Å². The van der Waals surface area contributed by atoms with Crippen molar-refractivity contribution in [1.29, 1.82) is 5.26 Å². The maximum Gasteiger partial charge on any atom is 0.0998 e. The number of hydrogen-bond donors (Lipinski definition) is 0. The van der Waals surface area contributed by atoms with Crippen molar-refractivity contribution in [2.45, 2.75) is 0 Å². The molecule has 2 aromatic rings. The first-order valence-corrected chi connectivity index (χ1v) is 7.05. The number of halogens is 1. The summed E-state index contributed by atoms with van der Waals surface area (Å²) in [5.41, 5.74) is 3.71. The molecule has 0 spiro atoms. The molecule has 3 heteroatoms. The number of benzene rings is 2. The van der Waals surface area contributed by atoms with E-state index in [1.807, 2.05) is 73.6 Å². The van der Waals surface area contributed by atoms with Gasteiger partial charge in [0, 0.05) is 18.6 Å². The van der Waals surface area contributed by atoms with Crippen LogP contribution in [0, 0.1) is 11.3 Å². The SMILES string of the molecule is CN(C)c1ccc(/C=C(\C#N)c2ccccc2)cc1Br. The number of nitrogens with zero attached hydrogens (tertiary/aromatic N) is 2. The van der Waals surface area contributed by atoms with E-state index in [0.717, 1.165) is 21.3 Å². The van der Waals surface area contributed by atoms with Gasteiger partial charge in [0.2, 0.25) is 0 Å². The molecule has 0 aliphatic carbocycles. The van der Waals surface area contributed by atoms with Gasteiger partial charge in [0.1, 0.15) is 0 Å². The van der Waals surface area contributed by atoms with E-state index in [0.29, 0.717) is 5.57 Å². The molecule has 0 aliphatic heterocycles. The van der Waals surface area contributed by atoms with Gasteiger partial charge in [-0.05, 0) is 45.3 Å². The number of anilines is 1. The Kier molecular flexibility index (Phi) is 4.60. The third kappa shape index (κ3) is 3.28. The van der Waals surface area contributed by atoms with Crippen molar-refractivity contribution in [2.75, 3.05) is 19.0 Å². The Morgan fingerprint density at radius 1 is 1.15 bits per heavy atom. The Morgan fingerprint density at radius 3 is 2.40 bits per heavy atom. The third-order valence-corrected chi connectivity index (χ3v) is 3.60. The molecular formula is C17H15BrN2. The molecule has 0 atom stereocenters. The highest BCUT2D eigenvalue weighted by Gasteiger charge is 2.04. The van der Waals surface area contributed by atoms with Gasteiger partial charge < -0.3 is 4.90 Å². The zero-order valence-corrected chi connectivity index (χ0v) is 13.1. The quantitative estimate of drug-likeness (QED) is 0.609. The van der Waals surface area contributed by atoms with E-state index >= 15 is 0 Å². The van der Waals surface area contributed by atoms with Gasteiger partial charge in [0.05, 0.1) is 17.3 Å². The molecule has 0 N–H and O–H groups in total. The van der Waals surface area contributed by atoms with Crippen LogP contribution in [-0.2, 0) is 0 Å². The molecule has 0 radical (unpaired) electrons. The van der Waals surface area contributed by atoms with Crippen LogP contribution in [0.25, 0.3) is 11.6 Å². The Morgan fingerprint density at radius 2 is 1.85 bits per heavy atom. The summed E-state index contributed by atoms with van der Waals surface area (Å²) in [4.78, 5) is 2.04. The van der Waals surface area contributed by atoms with Crippen molar-refractivity contribution in [2.24, 2.45) is 0 Å². The minimum Gasteiger partial charge on any atom is -0.377 e. The van der Waals surface area contributed by atoms with Gasteiger partial charge in [-0.1, -0.05) is 36.4 Å². The summed E-state index contributed by atoms with van der Waals surface area (Å²) in [6.07, 6.45) is 1.90. The van der Waals surface area contributed by atoms with Gasteiger partial charge in [0.25, 0.3) is 0 Å². The summed E-state index contributed by atoms with van der Waals surface area (Å²) in [6.45, 7) is 0. The van der Waals surface area contributed by atoms with Crippen LogP contribution in [0.2, 0.25) is 0 Å². The van der Waals surface area contributed by atoms with E-state index < -0.39 is 0 Å². The smallest absolute Gasteiger partial charge is 0.0998 e. The fourth-order valence-electron chi connectivity index (χ4n) is 1.94. The molecule has 2 rings (SSSR count). The highest BCUT2D eigenvalue weighted by atomic mass is 79.9. The highest BCUT2D eigenvalue weighted by molar-refractivity contribution is 9.10. The van der Waals surface area contributed by atoms with E-state index in [9.17, 15) is 5.26 Å². The zero-order chi connectivity index (χ0) is 14.5. The summed E-state index contributed by atoms with van der Waals surface area (Å²) in [6, 6.07) is 18.0. The van der Waals surface area contributed by atoms with Crippen molar-refractivity contribution >= 4 is 33.3 Å². The lowest BCUT2D eigenvalue weighted by molar-refractivity contribution is 1.12. The van der Waals surface area contributed by atoms with E-state index in [-0.39, 0.29) is 0 Å². The summed E-state index contributed by atoms with van der Waals surface area (Å²) < 4.78 is 1.02. The monoisotopic (exact) mass is 326 g/mol. The van der Waals surface area contributed by atoms with Crippen molar-refractivity contribution in [3.05, 3.63) is 64.1 Å². The van der Waals surface area contributed by atoms with E-state index in [1.54, 1.807) is 0 Å². The lowest BCUT2D eigenvalue weighted by Gasteiger charge is -2.14. The second-order valence-electron chi connectivity index (χ2n) is 4.64. The number of rotatable bonds is 3. The maximum absolute atomic E-state index is 9.31. The minimum atomic E-state index is 0.662. The van der Waals surface area contributed by atoms with Crippen molar-refractivity contribution in [1.82, 2.24) is 0 Å². The number of nitriles is 1. The number of allylic oxidation sites excluding steroid dienone is 1. The Hall–Kier alpha value is -2.05. The van der Waals surface area contributed by atoms with Crippen LogP contribution in [0.3, 0.4) is 0 Å². The predicted octanol–water partition coefficient (Wildman–Crippen LogP) is 4.58. The fourth-order valence-corrected chi connectivity index (χ4v) is 2.69. The van der Waals surface area contributed by atoms with Gasteiger partial charge in [-0.3, -0.25) is 0 Å². The third-order valence-electron chi connectivity index (χ3n) is 2.97. The predicted molar refractivity (Wildman–Crippen MR) is 88.4 cm³/mol. The van der Waals surface area contributed by atoms with Gasteiger partial charge in [-0.2, -0.15) is 5.26 Å². The molecule has 0 aromatic heterocycles. The Bertz CT molecular complexity index is 667. The first-order valence-electron chi connectivity index (χ1n) is 6.26. The lowest BCUT2D eigenvalue weighted by Crippen LogP contribution is -2.09.